The lowest BCUT2D eigenvalue weighted by atomic mass is 9.77. The lowest BCUT2D eigenvalue weighted by Crippen LogP contribution is -2.15. The van der Waals surface area contributed by atoms with Crippen molar-refractivity contribution in [3.8, 4) is 11.5 Å². The molecule has 0 saturated carbocycles. The monoisotopic (exact) mass is 328 g/mol. The molecule has 0 aromatic heterocycles. The average Bonchev–Trinajstić information content (AvgIpc) is 2.51. The van der Waals surface area contributed by atoms with Crippen LogP contribution in [-0.4, -0.2) is 10.2 Å². The summed E-state index contributed by atoms with van der Waals surface area (Å²) in [6.45, 7) is 10.6. The Morgan fingerprint density at radius 3 is 2.42 bits per heavy atom. The molecule has 1 aliphatic rings. The highest BCUT2D eigenvalue weighted by atomic mass is 16.3. The summed E-state index contributed by atoms with van der Waals surface area (Å²) in [7, 11) is 0. The molecule has 132 valence electrons. The number of phenols is 2. The largest absolute Gasteiger partial charge is 0.508 e. The number of aryl methyl sites for hydroxylation is 1. The Bertz CT molecular complexity index is 589. The summed E-state index contributed by atoms with van der Waals surface area (Å²) in [6, 6.07) is 3.65. The van der Waals surface area contributed by atoms with Gasteiger partial charge in [-0.3, -0.25) is 0 Å². The van der Waals surface area contributed by atoms with E-state index in [0.717, 1.165) is 24.8 Å². The van der Waals surface area contributed by atoms with Crippen LogP contribution in [0.1, 0.15) is 64.0 Å². The van der Waals surface area contributed by atoms with Gasteiger partial charge in [-0.25, -0.2) is 0 Å². The van der Waals surface area contributed by atoms with Crippen molar-refractivity contribution in [3.05, 3.63) is 47.1 Å². The van der Waals surface area contributed by atoms with Crippen molar-refractivity contribution in [1.29, 1.82) is 0 Å². The second-order valence-corrected chi connectivity index (χ2v) is 7.44. The molecule has 2 nitrogen and oxygen atoms in total. The minimum absolute atomic E-state index is 0.223. The summed E-state index contributed by atoms with van der Waals surface area (Å²) in [5, 5.41) is 20.9. The van der Waals surface area contributed by atoms with E-state index in [4.69, 9.17) is 0 Å². The normalized spacial score (nSPS) is 20.7. The fourth-order valence-electron chi connectivity index (χ4n) is 3.73. The number of benzene rings is 1. The van der Waals surface area contributed by atoms with E-state index in [1.54, 1.807) is 0 Å². The van der Waals surface area contributed by atoms with Gasteiger partial charge in [0.25, 0.3) is 0 Å². The van der Waals surface area contributed by atoms with Crippen LogP contribution in [-0.2, 0) is 12.8 Å². The molecular weight excluding hydrogens is 296 g/mol. The molecule has 1 aliphatic carbocycles. The smallest absolute Gasteiger partial charge is 0.123 e. The van der Waals surface area contributed by atoms with Gasteiger partial charge in [0.1, 0.15) is 11.5 Å². The maximum atomic E-state index is 10.4. The second-order valence-electron chi connectivity index (χ2n) is 7.44. The molecule has 1 aromatic rings. The fourth-order valence-corrected chi connectivity index (χ4v) is 3.73. The summed E-state index contributed by atoms with van der Waals surface area (Å²) in [5.74, 6) is 1.36. The first kappa shape index (κ1) is 18.6. The van der Waals surface area contributed by atoms with Gasteiger partial charge in [-0.05, 0) is 56.2 Å². The van der Waals surface area contributed by atoms with Crippen LogP contribution in [0.25, 0.3) is 0 Å². The first-order valence-corrected chi connectivity index (χ1v) is 9.32. The highest BCUT2D eigenvalue weighted by Crippen LogP contribution is 2.38. The van der Waals surface area contributed by atoms with Crippen LogP contribution in [0.15, 0.2) is 35.9 Å². The Morgan fingerprint density at radius 2 is 1.83 bits per heavy atom. The Hall–Kier alpha value is -1.70. The minimum atomic E-state index is 0.223. The number of hydrogen-bond donors (Lipinski definition) is 2. The average molecular weight is 328 g/mol. The van der Waals surface area contributed by atoms with Crippen LogP contribution < -0.4 is 0 Å². The molecule has 0 saturated heterocycles. The van der Waals surface area contributed by atoms with Gasteiger partial charge in [0.15, 0.2) is 0 Å². The van der Waals surface area contributed by atoms with E-state index in [1.165, 1.54) is 30.4 Å². The van der Waals surface area contributed by atoms with E-state index in [0.29, 0.717) is 23.8 Å². The number of allylic oxidation sites excluding steroid dienone is 3. The van der Waals surface area contributed by atoms with Crippen LogP contribution in [0.5, 0.6) is 11.5 Å². The fraction of sp³-hybridized carbons (Fsp3) is 0.545. The molecule has 0 spiro atoms. The third-order valence-electron chi connectivity index (χ3n) is 5.16. The molecular formula is C22H32O2. The van der Waals surface area contributed by atoms with Gasteiger partial charge < -0.3 is 10.2 Å². The van der Waals surface area contributed by atoms with Gasteiger partial charge in [0, 0.05) is 17.9 Å². The Morgan fingerprint density at radius 1 is 1.17 bits per heavy atom. The number of unbranched alkanes of at least 4 members (excludes halogenated alkanes) is 2. The van der Waals surface area contributed by atoms with Gasteiger partial charge >= 0.3 is 0 Å². The molecule has 0 amide bonds. The summed E-state index contributed by atoms with van der Waals surface area (Å²) < 4.78 is 0. The standard InChI is InChI=1S/C22H32O2/c1-5-6-7-8-17-12-21(23)20(22(24)13-17)14-18-11-16(4)9-10-19(18)15(2)3/h11-13,16,19,23-24H,2,5-10,14H2,1,3-4H3/t16?,19-/m0/s1. The van der Waals surface area contributed by atoms with E-state index < -0.39 is 0 Å². The third-order valence-corrected chi connectivity index (χ3v) is 5.16. The van der Waals surface area contributed by atoms with Gasteiger partial charge in [0.05, 0.1) is 0 Å². The minimum Gasteiger partial charge on any atom is -0.508 e. The lowest BCUT2D eigenvalue weighted by Gasteiger charge is -2.28. The maximum absolute atomic E-state index is 10.4. The van der Waals surface area contributed by atoms with E-state index >= 15 is 0 Å². The summed E-state index contributed by atoms with van der Waals surface area (Å²) in [4.78, 5) is 0. The number of rotatable bonds is 7. The van der Waals surface area contributed by atoms with E-state index in [9.17, 15) is 10.2 Å². The predicted octanol–water partition coefficient (Wildman–Crippen LogP) is 5.92. The van der Waals surface area contributed by atoms with Gasteiger partial charge in [0.2, 0.25) is 0 Å². The topological polar surface area (TPSA) is 40.5 Å². The lowest BCUT2D eigenvalue weighted by molar-refractivity contribution is 0.433. The van der Waals surface area contributed by atoms with Crippen LogP contribution in [0, 0.1) is 11.8 Å². The number of phenolic OH excluding ortho intramolecular Hbond substituents is 2. The van der Waals surface area contributed by atoms with E-state index in [2.05, 4.69) is 33.4 Å². The van der Waals surface area contributed by atoms with Gasteiger partial charge in [-0.15, -0.1) is 0 Å². The van der Waals surface area contributed by atoms with E-state index in [-0.39, 0.29) is 11.5 Å². The highest BCUT2D eigenvalue weighted by molar-refractivity contribution is 5.49. The van der Waals surface area contributed by atoms with E-state index in [1.807, 2.05) is 12.1 Å². The molecule has 0 aliphatic heterocycles. The van der Waals surface area contributed by atoms with Gasteiger partial charge in [-0.2, -0.15) is 0 Å². The molecule has 2 heteroatoms. The quantitative estimate of drug-likeness (QED) is 0.481. The van der Waals surface area contributed by atoms with Crippen molar-refractivity contribution < 1.29 is 10.2 Å². The molecule has 2 N–H and O–H groups in total. The Kier molecular flexibility index (Phi) is 6.53. The zero-order valence-corrected chi connectivity index (χ0v) is 15.4. The van der Waals surface area contributed by atoms with Crippen molar-refractivity contribution in [2.45, 2.75) is 65.7 Å². The molecule has 0 radical (unpaired) electrons. The van der Waals surface area contributed by atoms with Crippen LogP contribution in [0.3, 0.4) is 0 Å². The summed E-state index contributed by atoms with van der Waals surface area (Å²) in [6.07, 6.45) is 9.54. The summed E-state index contributed by atoms with van der Waals surface area (Å²) in [5.41, 5.74) is 4.12. The molecule has 0 fully saturated rings. The molecule has 0 bridgehead atoms. The SMILES string of the molecule is C=C(C)[C@@H]1CCC(C)C=C1Cc1c(O)cc(CCCCC)cc1O. The number of aromatic hydroxyl groups is 2. The Balaban J connectivity index is 2.20. The molecule has 24 heavy (non-hydrogen) atoms. The van der Waals surface area contributed by atoms with Crippen molar-refractivity contribution >= 4 is 0 Å². The van der Waals surface area contributed by atoms with Crippen LogP contribution in [0.4, 0.5) is 0 Å². The molecule has 2 rings (SSSR count). The van der Waals surface area contributed by atoms with Crippen molar-refractivity contribution in [3.63, 3.8) is 0 Å². The second kappa shape index (κ2) is 8.41. The first-order chi connectivity index (χ1) is 11.4. The molecule has 0 heterocycles. The zero-order valence-electron chi connectivity index (χ0n) is 15.4. The maximum Gasteiger partial charge on any atom is 0.123 e. The van der Waals surface area contributed by atoms with Crippen molar-refractivity contribution in [2.24, 2.45) is 11.8 Å². The van der Waals surface area contributed by atoms with Crippen molar-refractivity contribution in [1.82, 2.24) is 0 Å². The third kappa shape index (κ3) is 4.66. The van der Waals surface area contributed by atoms with Crippen LogP contribution in [0.2, 0.25) is 0 Å². The van der Waals surface area contributed by atoms with Crippen LogP contribution >= 0.6 is 0 Å². The summed E-state index contributed by atoms with van der Waals surface area (Å²) >= 11 is 0. The molecule has 1 aromatic carbocycles. The predicted molar refractivity (Wildman–Crippen MR) is 101 cm³/mol. The highest BCUT2D eigenvalue weighted by Gasteiger charge is 2.23. The molecule has 2 atom stereocenters. The first-order valence-electron chi connectivity index (χ1n) is 9.32. The van der Waals surface area contributed by atoms with Gasteiger partial charge in [-0.1, -0.05) is 50.5 Å². The zero-order chi connectivity index (χ0) is 17.7. The van der Waals surface area contributed by atoms with Crippen molar-refractivity contribution in [2.75, 3.05) is 0 Å². The molecule has 1 unspecified atom stereocenters. The number of hydrogen-bond acceptors (Lipinski definition) is 2. The Labute approximate surface area is 146 Å².